The van der Waals surface area contributed by atoms with Crippen LogP contribution in [0.3, 0.4) is 0 Å². The van der Waals surface area contributed by atoms with Crippen LogP contribution in [0.1, 0.15) is 41.6 Å². The first-order valence-corrected chi connectivity index (χ1v) is 13.0. The molecule has 0 aliphatic carbocycles. The SMILES string of the molecule is CCn1cc(/C=c2/sc3n(c2=O)[C@@H](c2cccs2)C(C(=O)Nc2ccccc2C)=C(C)N=3)c(C)n1. The number of benzene rings is 1. The van der Waals surface area contributed by atoms with E-state index in [9.17, 15) is 9.59 Å². The molecular weight excluding hydrogens is 478 g/mol. The number of thiophene rings is 1. The van der Waals surface area contributed by atoms with Gasteiger partial charge in [0.2, 0.25) is 0 Å². The zero-order chi connectivity index (χ0) is 24.7. The van der Waals surface area contributed by atoms with Crippen LogP contribution in [0, 0.1) is 13.8 Å². The van der Waals surface area contributed by atoms with Crippen molar-refractivity contribution in [3.63, 3.8) is 0 Å². The number of carbonyl (C=O) groups excluding carboxylic acids is 1. The summed E-state index contributed by atoms with van der Waals surface area (Å²) in [5, 5.41) is 9.48. The van der Waals surface area contributed by atoms with Gasteiger partial charge in [0, 0.05) is 28.9 Å². The maximum Gasteiger partial charge on any atom is 0.271 e. The van der Waals surface area contributed by atoms with Crippen molar-refractivity contribution in [2.24, 2.45) is 4.99 Å². The number of nitrogens with zero attached hydrogens (tertiary/aromatic N) is 4. The average molecular weight is 504 g/mol. The number of fused-ring (bicyclic) bond motifs is 1. The molecule has 1 atom stereocenters. The van der Waals surface area contributed by atoms with Crippen LogP contribution in [-0.4, -0.2) is 20.3 Å². The summed E-state index contributed by atoms with van der Waals surface area (Å²) in [6, 6.07) is 11.0. The van der Waals surface area contributed by atoms with Crippen molar-refractivity contribution in [2.45, 2.75) is 40.3 Å². The molecule has 7 nitrogen and oxygen atoms in total. The van der Waals surface area contributed by atoms with E-state index >= 15 is 0 Å². The van der Waals surface area contributed by atoms with E-state index in [0.717, 1.165) is 33.9 Å². The highest BCUT2D eigenvalue weighted by atomic mass is 32.1. The Morgan fingerprint density at radius 1 is 1.17 bits per heavy atom. The van der Waals surface area contributed by atoms with Crippen molar-refractivity contribution in [2.75, 3.05) is 5.32 Å². The van der Waals surface area contributed by atoms with Crippen LogP contribution in [0.15, 0.2) is 69.0 Å². The first kappa shape index (κ1) is 23.2. The number of allylic oxidation sites excluding steroid dienone is 1. The van der Waals surface area contributed by atoms with Gasteiger partial charge in [0.05, 0.1) is 21.5 Å². The number of rotatable bonds is 5. The Hall–Kier alpha value is -3.56. The van der Waals surface area contributed by atoms with E-state index in [1.54, 1.807) is 4.57 Å². The predicted octanol–water partition coefficient (Wildman–Crippen LogP) is 3.77. The number of thiazole rings is 1. The number of aryl methyl sites for hydroxylation is 3. The van der Waals surface area contributed by atoms with Crippen molar-refractivity contribution < 1.29 is 4.79 Å². The smallest absolute Gasteiger partial charge is 0.271 e. The fraction of sp³-hybridized carbons (Fsp3) is 0.231. The fourth-order valence-electron chi connectivity index (χ4n) is 4.21. The maximum atomic E-state index is 13.7. The van der Waals surface area contributed by atoms with E-state index in [2.05, 4.69) is 10.4 Å². The molecule has 178 valence electrons. The number of anilines is 1. The van der Waals surface area contributed by atoms with Gasteiger partial charge in [-0.2, -0.15) is 5.10 Å². The minimum Gasteiger partial charge on any atom is -0.322 e. The molecule has 0 saturated carbocycles. The van der Waals surface area contributed by atoms with Gasteiger partial charge in [-0.1, -0.05) is 35.6 Å². The average Bonchev–Trinajstić information content (AvgIpc) is 3.55. The highest BCUT2D eigenvalue weighted by Gasteiger charge is 2.33. The van der Waals surface area contributed by atoms with Gasteiger partial charge in [-0.3, -0.25) is 18.8 Å². The third kappa shape index (κ3) is 4.21. The van der Waals surface area contributed by atoms with Crippen molar-refractivity contribution in [1.82, 2.24) is 14.3 Å². The standard InChI is InChI=1S/C26H25N5O2S2/c1-5-30-14-18(16(3)29-30)13-21-25(33)31-23(20-11-8-12-34-20)22(17(4)27-26(31)35-21)24(32)28-19-10-7-6-9-15(19)2/h6-14,23H,5H2,1-4H3,(H,28,32)/b21-13+/t23-/m0/s1. The molecule has 0 unspecified atom stereocenters. The molecular formula is C26H25N5O2S2. The monoisotopic (exact) mass is 503 g/mol. The fourth-order valence-corrected chi connectivity index (χ4v) is 6.07. The zero-order valence-corrected chi connectivity index (χ0v) is 21.5. The summed E-state index contributed by atoms with van der Waals surface area (Å²) in [7, 11) is 0. The van der Waals surface area contributed by atoms with E-state index in [0.29, 0.717) is 20.6 Å². The third-order valence-electron chi connectivity index (χ3n) is 6.07. The summed E-state index contributed by atoms with van der Waals surface area (Å²) in [4.78, 5) is 33.5. The van der Waals surface area contributed by atoms with Crippen LogP contribution in [-0.2, 0) is 11.3 Å². The number of carbonyl (C=O) groups is 1. The number of hydrogen-bond acceptors (Lipinski definition) is 6. The van der Waals surface area contributed by atoms with Gasteiger partial charge in [0.15, 0.2) is 4.80 Å². The molecule has 1 aliphatic rings. The maximum absolute atomic E-state index is 13.7. The highest BCUT2D eigenvalue weighted by Crippen LogP contribution is 2.33. The zero-order valence-electron chi connectivity index (χ0n) is 19.9. The lowest BCUT2D eigenvalue weighted by atomic mass is 10.0. The summed E-state index contributed by atoms with van der Waals surface area (Å²) in [5.41, 5.74) is 4.39. The van der Waals surface area contributed by atoms with Gasteiger partial charge in [-0.25, -0.2) is 4.99 Å². The second-order valence-corrected chi connectivity index (χ2v) is 10.4. The Morgan fingerprint density at radius 3 is 2.66 bits per heavy atom. The van der Waals surface area contributed by atoms with E-state index in [1.807, 2.05) is 86.4 Å². The van der Waals surface area contributed by atoms with Crippen molar-refractivity contribution in [3.8, 4) is 0 Å². The highest BCUT2D eigenvalue weighted by molar-refractivity contribution is 7.10. The molecule has 35 heavy (non-hydrogen) atoms. The Bertz CT molecular complexity index is 1640. The van der Waals surface area contributed by atoms with Gasteiger partial charge >= 0.3 is 0 Å². The minimum absolute atomic E-state index is 0.163. The Morgan fingerprint density at radius 2 is 1.97 bits per heavy atom. The molecule has 0 spiro atoms. The van der Waals surface area contributed by atoms with E-state index in [1.165, 1.54) is 22.7 Å². The molecule has 0 saturated heterocycles. The van der Waals surface area contributed by atoms with Crippen LogP contribution in [0.25, 0.3) is 6.08 Å². The molecule has 4 heterocycles. The van der Waals surface area contributed by atoms with Crippen LogP contribution in [0.5, 0.6) is 0 Å². The summed E-state index contributed by atoms with van der Waals surface area (Å²) >= 11 is 2.86. The predicted molar refractivity (Wildman–Crippen MR) is 141 cm³/mol. The number of nitrogens with one attached hydrogen (secondary N) is 1. The molecule has 1 amide bonds. The molecule has 5 rings (SSSR count). The molecule has 1 aliphatic heterocycles. The first-order valence-electron chi connectivity index (χ1n) is 11.3. The first-order chi connectivity index (χ1) is 16.9. The largest absolute Gasteiger partial charge is 0.322 e. The second kappa shape index (κ2) is 9.24. The molecule has 4 aromatic rings. The number of amides is 1. The molecule has 0 fully saturated rings. The Kier molecular flexibility index (Phi) is 6.12. The van der Waals surface area contributed by atoms with E-state index in [-0.39, 0.29) is 11.5 Å². The van der Waals surface area contributed by atoms with Gasteiger partial charge in [0.25, 0.3) is 11.5 Å². The van der Waals surface area contributed by atoms with E-state index < -0.39 is 6.04 Å². The van der Waals surface area contributed by atoms with Crippen molar-refractivity contribution in [1.29, 1.82) is 0 Å². The number of hydrogen-bond donors (Lipinski definition) is 1. The minimum atomic E-state index is -0.545. The summed E-state index contributed by atoms with van der Waals surface area (Å²) < 4.78 is 4.07. The Balaban J connectivity index is 1.65. The summed E-state index contributed by atoms with van der Waals surface area (Å²) in [6.45, 7) is 8.50. The molecule has 0 bridgehead atoms. The van der Waals surface area contributed by atoms with Crippen molar-refractivity contribution in [3.05, 3.63) is 101 Å². The quantitative estimate of drug-likeness (QED) is 0.450. The van der Waals surface area contributed by atoms with E-state index in [4.69, 9.17) is 4.99 Å². The van der Waals surface area contributed by atoms with Crippen LogP contribution >= 0.6 is 22.7 Å². The number of para-hydroxylation sites is 1. The van der Waals surface area contributed by atoms with Gasteiger partial charge in [-0.05, 0) is 56.8 Å². The summed E-state index contributed by atoms with van der Waals surface area (Å²) in [5.74, 6) is -0.256. The molecule has 3 aromatic heterocycles. The Labute approximate surface area is 210 Å². The molecule has 0 radical (unpaired) electrons. The molecule has 1 N–H and O–H groups in total. The second-order valence-electron chi connectivity index (χ2n) is 8.39. The molecule has 9 heteroatoms. The lowest BCUT2D eigenvalue weighted by molar-refractivity contribution is -0.113. The third-order valence-corrected chi connectivity index (χ3v) is 7.97. The van der Waals surface area contributed by atoms with Gasteiger partial charge in [-0.15, -0.1) is 11.3 Å². The van der Waals surface area contributed by atoms with Crippen LogP contribution < -0.4 is 20.2 Å². The lowest BCUT2D eigenvalue weighted by Gasteiger charge is -2.24. The number of aromatic nitrogens is 3. The van der Waals surface area contributed by atoms with Gasteiger partial charge < -0.3 is 5.32 Å². The lowest BCUT2D eigenvalue weighted by Crippen LogP contribution is -2.40. The molecule has 1 aromatic carbocycles. The summed E-state index contributed by atoms with van der Waals surface area (Å²) in [6.07, 6.45) is 3.81. The van der Waals surface area contributed by atoms with Crippen LogP contribution in [0.2, 0.25) is 0 Å². The van der Waals surface area contributed by atoms with Gasteiger partial charge in [0.1, 0.15) is 6.04 Å². The topological polar surface area (TPSA) is 81.3 Å². The van der Waals surface area contributed by atoms with Crippen molar-refractivity contribution >= 4 is 40.3 Å². The van der Waals surface area contributed by atoms with Crippen LogP contribution in [0.4, 0.5) is 5.69 Å². The normalized spacial score (nSPS) is 15.8.